The minimum atomic E-state index is -0.634. The lowest BCUT2D eigenvalue weighted by atomic mass is 10.1. The Hall–Kier alpha value is -2.78. The molecule has 0 unspecified atom stereocenters. The molecular weight excluding hydrogens is 391 g/mol. The largest absolute Gasteiger partial charge is 0.395 e. The molecule has 1 aliphatic rings. The average molecular weight is 418 g/mol. The Morgan fingerprint density at radius 2 is 2.03 bits per heavy atom. The molecule has 1 aliphatic heterocycles. The lowest BCUT2D eigenvalue weighted by molar-refractivity contribution is 0.0342. The van der Waals surface area contributed by atoms with E-state index in [0.29, 0.717) is 37.2 Å². The molecule has 0 saturated carbocycles. The van der Waals surface area contributed by atoms with E-state index in [0.717, 1.165) is 6.54 Å². The van der Waals surface area contributed by atoms with Crippen LogP contribution < -0.4 is 11.2 Å². The van der Waals surface area contributed by atoms with Crippen molar-refractivity contribution in [3.63, 3.8) is 0 Å². The van der Waals surface area contributed by atoms with Gasteiger partial charge in [-0.2, -0.15) is 0 Å². The van der Waals surface area contributed by atoms with Crippen LogP contribution in [0, 0.1) is 5.82 Å². The molecule has 1 amide bonds. The number of nitrogens with zero attached hydrogens (tertiary/aromatic N) is 3. The van der Waals surface area contributed by atoms with Gasteiger partial charge in [-0.3, -0.25) is 24.0 Å². The molecule has 1 aromatic carbocycles. The number of aromatic nitrogens is 2. The number of rotatable bonds is 6. The number of likely N-dealkylation sites (N-methyl/N-ethyl adjacent to an activating group) is 1. The van der Waals surface area contributed by atoms with Crippen LogP contribution in [0.1, 0.15) is 35.3 Å². The topological polar surface area (TPSA) is 98.6 Å². The minimum absolute atomic E-state index is 0.0673. The summed E-state index contributed by atoms with van der Waals surface area (Å²) in [5.41, 5.74) is -0.00436. The minimum Gasteiger partial charge on any atom is -0.395 e. The highest BCUT2D eigenvalue weighted by atomic mass is 19.1. The molecule has 1 saturated heterocycles. The van der Waals surface area contributed by atoms with Crippen molar-refractivity contribution < 1.29 is 14.3 Å². The summed E-state index contributed by atoms with van der Waals surface area (Å²) in [6.45, 7) is 5.99. The van der Waals surface area contributed by atoms with E-state index in [2.05, 4.69) is 9.88 Å². The monoisotopic (exact) mass is 418 g/mol. The van der Waals surface area contributed by atoms with Crippen molar-refractivity contribution in [3.05, 3.63) is 67.7 Å². The maximum atomic E-state index is 14.5. The third-order valence-corrected chi connectivity index (χ3v) is 5.59. The Kier molecular flexibility index (Phi) is 6.84. The van der Waals surface area contributed by atoms with E-state index in [1.807, 2.05) is 13.8 Å². The zero-order valence-corrected chi connectivity index (χ0v) is 17.2. The number of aliphatic hydroxyl groups is 1. The van der Waals surface area contributed by atoms with Gasteiger partial charge in [-0.25, -0.2) is 9.18 Å². The molecule has 1 atom stereocenters. The van der Waals surface area contributed by atoms with E-state index in [1.165, 1.54) is 29.0 Å². The molecular formula is C21H27FN4O4. The van der Waals surface area contributed by atoms with Crippen molar-refractivity contribution in [1.29, 1.82) is 0 Å². The van der Waals surface area contributed by atoms with Gasteiger partial charge in [-0.1, -0.05) is 19.9 Å². The maximum absolute atomic E-state index is 14.5. The van der Waals surface area contributed by atoms with Crippen molar-refractivity contribution in [2.75, 3.05) is 32.8 Å². The number of hydrogen-bond donors (Lipinski definition) is 2. The molecule has 2 N–H and O–H groups in total. The Bertz CT molecular complexity index is 1030. The van der Waals surface area contributed by atoms with Gasteiger partial charge in [0, 0.05) is 31.4 Å². The highest BCUT2D eigenvalue weighted by molar-refractivity contribution is 5.94. The van der Waals surface area contributed by atoms with E-state index in [9.17, 15) is 23.9 Å². The zero-order valence-electron chi connectivity index (χ0n) is 17.2. The fourth-order valence-electron chi connectivity index (χ4n) is 3.79. The average Bonchev–Trinajstić information content (AvgIpc) is 2.75. The smallest absolute Gasteiger partial charge is 0.328 e. The van der Waals surface area contributed by atoms with E-state index in [-0.39, 0.29) is 24.8 Å². The summed E-state index contributed by atoms with van der Waals surface area (Å²) in [4.78, 5) is 42.7. The van der Waals surface area contributed by atoms with Gasteiger partial charge in [0.1, 0.15) is 5.82 Å². The summed E-state index contributed by atoms with van der Waals surface area (Å²) in [5, 5.41) is 9.60. The number of aryl methyl sites for hydroxylation is 1. The summed E-state index contributed by atoms with van der Waals surface area (Å²) >= 11 is 0. The third-order valence-electron chi connectivity index (χ3n) is 5.59. The molecule has 3 rings (SSSR count). The molecule has 2 heterocycles. The van der Waals surface area contributed by atoms with Gasteiger partial charge in [0.2, 0.25) is 0 Å². The van der Waals surface area contributed by atoms with Crippen molar-refractivity contribution in [2.45, 2.75) is 32.9 Å². The molecule has 2 aromatic rings. The number of carbonyl (C=O) groups excluding carboxylic acids is 1. The van der Waals surface area contributed by atoms with E-state index < -0.39 is 23.0 Å². The number of carbonyl (C=O) groups is 1. The summed E-state index contributed by atoms with van der Waals surface area (Å²) in [6.07, 6.45) is 1.96. The van der Waals surface area contributed by atoms with Crippen LogP contribution in [0.5, 0.6) is 0 Å². The van der Waals surface area contributed by atoms with Gasteiger partial charge >= 0.3 is 5.69 Å². The fraction of sp³-hybridized carbons (Fsp3) is 0.476. The SMILES string of the molecule is CCc1cn(Cc2ccc(F)c(C(=O)N3CCN(CC)[C@H](CO)C3)c2)c(=O)[nH]c1=O. The molecule has 0 bridgehead atoms. The van der Waals surface area contributed by atoms with Gasteiger partial charge in [0.15, 0.2) is 0 Å². The standard InChI is InChI=1S/C21H27FN4O4/c1-3-15-11-26(21(30)23-19(15)28)10-14-5-6-18(22)17(9-14)20(29)25-8-7-24(4-2)16(12-25)13-27/h5-6,9,11,16,27H,3-4,7-8,10,12-13H2,1-2H3,(H,23,28,30)/t16-/m0/s1. The summed E-state index contributed by atoms with van der Waals surface area (Å²) < 4.78 is 15.8. The number of piperazine rings is 1. The second kappa shape index (κ2) is 9.36. The number of H-pyrrole nitrogens is 1. The predicted molar refractivity (Wildman–Crippen MR) is 110 cm³/mol. The second-order valence-corrected chi connectivity index (χ2v) is 7.43. The second-order valence-electron chi connectivity index (χ2n) is 7.43. The summed E-state index contributed by atoms with van der Waals surface area (Å²) in [7, 11) is 0. The van der Waals surface area contributed by atoms with Crippen LogP contribution in [0.2, 0.25) is 0 Å². The Morgan fingerprint density at radius 3 is 2.70 bits per heavy atom. The van der Waals surface area contributed by atoms with Gasteiger partial charge in [0.05, 0.1) is 24.8 Å². The van der Waals surface area contributed by atoms with E-state index in [4.69, 9.17) is 0 Å². The van der Waals surface area contributed by atoms with Crippen LogP contribution in [-0.2, 0) is 13.0 Å². The van der Waals surface area contributed by atoms with Gasteiger partial charge in [-0.05, 0) is 30.7 Å². The number of benzene rings is 1. The first-order valence-corrected chi connectivity index (χ1v) is 10.1. The molecule has 0 spiro atoms. The normalized spacial score (nSPS) is 17.3. The van der Waals surface area contributed by atoms with E-state index in [1.54, 1.807) is 4.90 Å². The molecule has 8 nitrogen and oxygen atoms in total. The van der Waals surface area contributed by atoms with Crippen LogP contribution in [0.25, 0.3) is 0 Å². The molecule has 9 heteroatoms. The molecule has 30 heavy (non-hydrogen) atoms. The number of aromatic amines is 1. The Balaban J connectivity index is 1.85. The zero-order chi connectivity index (χ0) is 21.8. The lowest BCUT2D eigenvalue weighted by Gasteiger charge is -2.40. The van der Waals surface area contributed by atoms with Crippen molar-refractivity contribution in [1.82, 2.24) is 19.4 Å². The van der Waals surface area contributed by atoms with Gasteiger partial charge in [-0.15, -0.1) is 0 Å². The van der Waals surface area contributed by atoms with Gasteiger partial charge in [0.25, 0.3) is 11.5 Å². The molecule has 162 valence electrons. The number of nitrogens with one attached hydrogen (secondary N) is 1. The van der Waals surface area contributed by atoms with Crippen LogP contribution in [0.3, 0.4) is 0 Å². The number of amides is 1. The highest BCUT2D eigenvalue weighted by Gasteiger charge is 2.29. The number of hydrogen-bond acceptors (Lipinski definition) is 5. The fourth-order valence-corrected chi connectivity index (χ4v) is 3.79. The third kappa shape index (κ3) is 4.52. The highest BCUT2D eigenvalue weighted by Crippen LogP contribution is 2.17. The molecule has 0 radical (unpaired) electrons. The van der Waals surface area contributed by atoms with Crippen molar-refractivity contribution in [3.8, 4) is 0 Å². The van der Waals surface area contributed by atoms with Crippen LogP contribution in [0.15, 0.2) is 34.0 Å². The predicted octanol–water partition coefficient (Wildman–Crippen LogP) is 0.425. The Morgan fingerprint density at radius 1 is 1.27 bits per heavy atom. The molecule has 0 aliphatic carbocycles. The summed E-state index contributed by atoms with van der Waals surface area (Å²) in [5.74, 6) is -1.07. The Labute approximate surface area is 173 Å². The van der Waals surface area contributed by atoms with E-state index >= 15 is 0 Å². The molecule has 1 aromatic heterocycles. The number of halogens is 1. The first-order valence-electron chi connectivity index (χ1n) is 10.1. The van der Waals surface area contributed by atoms with Crippen molar-refractivity contribution in [2.24, 2.45) is 0 Å². The maximum Gasteiger partial charge on any atom is 0.328 e. The van der Waals surface area contributed by atoms with Crippen LogP contribution >= 0.6 is 0 Å². The van der Waals surface area contributed by atoms with Gasteiger partial charge < -0.3 is 10.0 Å². The van der Waals surface area contributed by atoms with Crippen molar-refractivity contribution >= 4 is 5.91 Å². The quantitative estimate of drug-likeness (QED) is 0.709. The van der Waals surface area contributed by atoms with Crippen LogP contribution in [-0.4, -0.2) is 69.2 Å². The number of aliphatic hydroxyl groups excluding tert-OH is 1. The first kappa shape index (κ1) is 21.9. The summed E-state index contributed by atoms with van der Waals surface area (Å²) in [6, 6.07) is 4.00. The lowest BCUT2D eigenvalue weighted by Crippen LogP contribution is -2.56. The first-order chi connectivity index (χ1) is 14.4. The van der Waals surface area contributed by atoms with Crippen LogP contribution in [0.4, 0.5) is 4.39 Å². The molecule has 1 fully saturated rings.